The minimum absolute atomic E-state index is 0.00242. The number of phosphoric ester groups is 1. The van der Waals surface area contributed by atoms with E-state index in [0.717, 1.165) is 4.57 Å². The Morgan fingerprint density at radius 2 is 2.12 bits per heavy atom. The predicted octanol–water partition coefficient (Wildman–Crippen LogP) is -0.337. The lowest BCUT2D eigenvalue weighted by atomic mass is 10.2. The molecule has 1 saturated heterocycles. The smallest absolute Gasteiger partial charge is 0.390 e. The molecular weight excluding hydrogens is 419 g/mol. The molecule has 2 rings (SSSR count). The van der Waals surface area contributed by atoms with E-state index in [0.29, 0.717) is 0 Å². The van der Waals surface area contributed by atoms with Gasteiger partial charge in [0.05, 0.1) is 12.7 Å². The lowest BCUT2D eigenvalue weighted by Gasteiger charge is -2.18. The molecule has 1 fully saturated rings. The number of phosphoric acid groups is 2. The third-order valence-electron chi connectivity index (χ3n) is 3.13. The van der Waals surface area contributed by atoms with Crippen LogP contribution >= 0.6 is 24.3 Å². The Kier molecular flexibility index (Phi) is 6.81. The number of nitrogen functional groups attached to an aromatic ring is 1. The van der Waals surface area contributed by atoms with Crippen LogP contribution in [0.2, 0.25) is 0 Å². The van der Waals surface area contributed by atoms with Gasteiger partial charge in [0.1, 0.15) is 18.1 Å². The maximum Gasteiger partial charge on any atom is 0.524 e. The van der Waals surface area contributed by atoms with Gasteiger partial charge in [-0.25, -0.2) is 13.9 Å². The first-order valence-corrected chi connectivity index (χ1v) is 10.6. The molecule has 1 aromatic heterocycles. The third kappa shape index (κ3) is 5.73. The van der Waals surface area contributed by atoms with Gasteiger partial charge in [-0.3, -0.25) is 14.0 Å². The van der Waals surface area contributed by atoms with E-state index in [1.807, 2.05) is 0 Å². The van der Waals surface area contributed by atoms with E-state index in [1.54, 1.807) is 0 Å². The molecule has 14 nitrogen and oxygen atoms in total. The van der Waals surface area contributed by atoms with Crippen molar-refractivity contribution in [3.8, 4) is 0 Å². The maximum atomic E-state index is 11.8. The molecule has 1 aliphatic rings. The number of ether oxygens (including phenoxy) is 1. The molecule has 1 aliphatic heterocycles. The summed E-state index contributed by atoms with van der Waals surface area (Å²) < 4.78 is 51.4. The van der Waals surface area contributed by atoms with Crippen molar-refractivity contribution in [1.82, 2.24) is 9.55 Å². The monoisotopic (exact) mass is 434 g/mol. The van der Waals surface area contributed by atoms with Crippen molar-refractivity contribution >= 4 is 30.2 Å². The highest BCUT2D eigenvalue weighted by Crippen LogP contribution is 2.61. The summed E-state index contributed by atoms with van der Waals surface area (Å²) in [7, 11) is -11.9. The van der Waals surface area contributed by atoms with Gasteiger partial charge < -0.3 is 20.5 Å². The van der Waals surface area contributed by atoms with Crippen LogP contribution in [0.15, 0.2) is 17.1 Å². The molecule has 0 radical (unpaired) electrons. The van der Waals surface area contributed by atoms with Crippen LogP contribution in [0.4, 0.5) is 5.82 Å². The molecule has 0 aliphatic carbocycles. The van der Waals surface area contributed by atoms with Crippen LogP contribution in [0.1, 0.15) is 12.6 Å². The summed E-state index contributed by atoms with van der Waals surface area (Å²) in [5.41, 5.74) is 4.64. The highest BCUT2D eigenvalue weighted by molar-refractivity contribution is 7.63. The Morgan fingerprint density at radius 1 is 1.42 bits per heavy atom. The second kappa shape index (κ2) is 8.32. The fourth-order valence-electron chi connectivity index (χ4n) is 2.07. The number of rotatable bonds is 8. The molecule has 0 bridgehead atoms. The van der Waals surface area contributed by atoms with Gasteiger partial charge in [-0.2, -0.15) is 9.29 Å². The number of nitrogens with two attached hydrogens (primary N) is 1. The van der Waals surface area contributed by atoms with Gasteiger partial charge in [0, 0.05) is 12.6 Å². The molecule has 2 heterocycles. The van der Waals surface area contributed by atoms with E-state index < -0.39 is 55.1 Å². The summed E-state index contributed by atoms with van der Waals surface area (Å²) in [6.45, 7) is -0.720. The van der Waals surface area contributed by atoms with Crippen molar-refractivity contribution in [2.45, 2.75) is 24.9 Å². The third-order valence-corrected chi connectivity index (χ3v) is 6.47. The molecule has 6 atom stereocenters. The van der Waals surface area contributed by atoms with Gasteiger partial charge in [-0.15, -0.1) is 0 Å². The zero-order valence-electron chi connectivity index (χ0n) is 12.8. The van der Waals surface area contributed by atoms with Gasteiger partial charge in [0.2, 0.25) is 0 Å². The Balaban J connectivity index is 1.98. The van der Waals surface area contributed by atoms with Crippen molar-refractivity contribution in [1.29, 1.82) is 0 Å². The normalized spacial score (nSPS) is 27.9. The van der Waals surface area contributed by atoms with Gasteiger partial charge in [0.25, 0.3) is 0 Å². The van der Waals surface area contributed by atoms with E-state index in [1.165, 1.54) is 12.3 Å². The van der Waals surface area contributed by atoms with Crippen molar-refractivity contribution in [2.24, 2.45) is 0 Å². The number of anilines is 1. The molecule has 17 heteroatoms. The van der Waals surface area contributed by atoms with Crippen LogP contribution in [-0.2, 0) is 31.6 Å². The first kappa shape index (κ1) is 21.3. The number of aliphatic hydroxyl groups excluding tert-OH is 1. The fourth-order valence-corrected chi connectivity index (χ4v) is 4.44. The molecule has 1 aromatic rings. The minimum Gasteiger partial charge on any atom is -0.390 e. The first-order chi connectivity index (χ1) is 12.0. The summed E-state index contributed by atoms with van der Waals surface area (Å²) in [6, 6.07) is 1.34. The van der Waals surface area contributed by atoms with E-state index in [4.69, 9.17) is 15.4 Å². The quantitative estimate of drug-likeness (QED) is 0.386. The molecule has 26 heavy (non-hydrogen) atoms. The van der Waals surface area contributed by atoms with Crippen LogP contribution in [0, 0.1) is 0 Å². The van der Waals surface area contributed by atoms with Gasteiger partial charge in [-0.1, -0.05) is 0 Å². The number of hydrogen-bond donors (Lipinski definition) is 4. The van der Waals surface area contributed by atoms with E-state index in [2.05, 4.69) is 18.1 Å². The van der Waals surface area contributed by atoms with E-state index in [-0.39, 0.29) is 12.2 Å². The molecule has 6 unspecified atom stereocenters. The topological polar surface area (TPSA) is 210 Å². The van der Waals surface area contributed by atoms with Crippen LogP contribution < -0.4 is 11.4 Å². The SMILES string of the molecule is Nc1ccn(C2CC(O)C(COP(=O)(O)OP(=O)(O)O[PH+]=O)O2)c(=O)n1. The predicted molar refractivity (Wildman–Crippen MR) is 84.2 cm³/mol. The molecule has 5 N–H and O–H groups in total. The van der Waals surface area contributed by atoms with Crippen molar-refractivity contribution in [2.75, 3.05) is 12.3 Å². The van der Waals surface area contributed by atoms with Crippen LogP contribution in [0.25, 0.3) is 0 Å². The number of aliphatic hydroxyl groups is 1. The molecule has 0 aromatic carbocycles. The van der Waals surface area contributed by atoms with Gasteiger partial charge >= 0.3 is 30.0 Å². The summed E-state index contributed by atoms with van der Waals surface area (Å²) in [5.74, 6) is -0.00242. The summed E-state index contributed by atoms with van der Waals surface area (Å²) in [4.78, 5) is 33.6. The van der Waals surface area contributed by atoms with Crippen LogP contribution in [0.3, 0.4) is 0 Å². The van der Waals surface area contributed by atoms with Crippen molar-refractivity contribution in [3.63, 3.8) is 0 Å². The molecule has 0 spiro atoms. The highest BCUT2D eigenvalue weighted by atomic mass is 31.3. The number of hydrogen-bond acceptors (Lipinski definition) is 11. The maximum absolute atomic E-state index is 11.8. The highest BCUT2D eigenvalue weighted by Gasteiger charge is 2.41. The Hall–Kier alpha value is -1.04. The van der Waals surface area contributed by atoms with Gasteiger partial charge in [0.15, 0.2) is 0 Å². The van der Waals surface area contributed by atoms with E-state index in [9.17, 15) is 28.5 Å². The number of aromatic nitrogens is 2. The largest absolute Gasteiger partial charge is 0.524 e. The molecule has 146 valence electrons. The first-order valence-electron chi connectivity index (χ1n) is 6.78. The minimum atomic E-state index is -5.09. The zero-order chi connectivity index (χ0) is 19.5. The molecule has 0 amide bonds. The standard InChI is InChI=1S/C9H14N3O11P3/c10-7-1-2-12(9(14)11-7)8-3-5(13)6(21-8)4-20-25(16,17)23-26(18,19)22-24-15/h1-2,5-6,8,13,24H,3-4H2,(H3-,10,11,14,16,17,18,19)/p+1. The zero-order valence-corrected chi connectivity index (χ0v) is 15.6. The van der Waals surface area contributed by atoms with Crippen LogP contribution in [0.5, 0.6) is 0 Å². The summed E-state index contributed by atoms with van der Waals surface area (Å²) in [5, 5.41) is 9.93. The Bertz CT molecular complexity index is 816. The van der Waals surface area contributed by atoms with Gasteiger partial charge in [-0.05, 0) is 14.9 Å². The summed E-state index contributed by atoms with van der Waals surface area (Å²) in [6.07, 6.45) is -2.05. The van der Waals surface area contributed by atoms with Crippen molar-refractivity contribution in [3.05, 3.63) is 22.7 Å². The lowest BCUT2D eigenvalue weighted by molar-refractivity contribution is -0.0449. The molecular formula is C9H15N3O11P3+. The number of nitrogens with zero attached hydrogens (tertiary/aromatic N) is 2. The molecule has 0 saturated carbocycles. The second-order valence-electron chi connectivity index (χ2n) is 4.96. The average molecular weight is 434 g/mol. The van der Waals surface area contributed by atoms with E-state index >= 15 is 0 Å². The Morgan fingerprint density at radius 3 is 2.73 bits per heavy atom. The second-order valence-corrected chi connectivity index (χ2v) is 8.65. The fraction of sp³-hybridized carbons (Fsp3) is 0.556. The lowest BCUT2D eigenvalue weighted by Crippen LogP contribution is -2.28. The summed E-state index contributed by atoms with van der Waals surface area (Å²) >= 11 is 0. The van der Waals surface area contributed by atoms with Crippen molar-refractivity contribution < 1.29 is 46.5 Å². The Labute approximate surface area is 147 Å². The average Bonchev–Trinajstić information content (AvgIpc) is 2.85. The van der Waals surface area contributed by atoms with Crippen LogP contribution in [-0.4, -0.2) is 43.3 Å².